The van der Waals surface area contributed by atoms with E-state index in [1.54, 1.807) is 6.20 Å². The van der Waals surface area contributed by atoms with Crippen LogP contribution in [0.15, 0.2) is 144 Å². The van der Waals surface area contributed by atoms with Crippen molar-refractivity contribution in [3.8, 4) is 44.8 Å². The van der Waals surface area contributed by atoms with E-state index < -0.39 is 20.3 Å². The van der Waals surface area contributed by atoms with Crippen LogP contribution in [0.5, 0.6) is 0 Å². The molecule has 2 aliphatic rings. The third kappa shape index (κ3) is 9.65. The first kappa shape index (κ1) is 38.0. The van der Waals surface area contributed by atoms with E-state index in [2.05, 4.69) is 139 Å². The van der Waals surface area contributed by atoms with E-state index in [-0.39, 0.29) is 26.0 Å². The molecule has 2 saturated carbocycles. The van der Waals surface area contributed by atoms with Gasteiger partial charge >= 0.3 is 0 Å². The zero-order valence-corrected chi connectivity index (χ0v) is 38.3. The van der Waals surface area contributed by atoms with Crippen LogP contribution in [0.1, 0.15) is 78.9 Å². The van der Waals surface area contributed by atoms with Gasteiger partial charge in [0.15, 0.2) is 0 Å². The van der Waals surface area contributed by atoms with Gasteiger partial charge in [0.05, 0.1) is 13.7 Å². The summed E-state index contributed by atoms with van der Waals surface area (Å²) in [6.45, 7) is 7.00. The monoisotopic (exact) mass is 982 g/mol. The smallest absolute Gasteiger partial charge is 0.121 e. The van der Waals surface area contributed by atoms with Crippen LogP contribution in [-0.4, -0.2) is 18.0 Å². The fourth-order valence-electron chi connectivity index (χ4n) is 8.61. The molecular formula is C55H54IrN2OSi-2. The fourth-order valence-corrected chi connectivity index (χ4v) is 9.64. The Labute approximate surface area is 375 Å². The molecule has 8 aromatic rings. The second-order valence-electron chi connectivity index (χ2n) is 17.3. The van der Waals surface area contributed by atoms with Crippen molar-refractivity contribution in [1.82, 2.24) is 9.97 Å². The Morgan fingerprint density at radius 1 is 0.650 bits per heavy atom. The molecule has 305 valence electrons. The molecule has 2 aliphatic carbocycles. The van der Waals surface area contributed by atoms with E-state index in [0.717, 1.165) is 99.7 Å². The Morgan fingerprint density at radius 2 is 1.35 bits per heavy atom. The topological polar surface area (TPSA) is 38.9 Å². The van der Waals surface area contributed by atoms with Crippen molar-refractivity contribution in [1.29, 1.82) is 0 Å². The molecule has 1 radical (unpaired) electrons. The summed E-state index contributed by atoms with van der Waals surface area (Å²) >= 11 is 0. The number of rotatable bonds is 8. The Morgan fingerprint density at radius 3 is 2.08 bits per heavy atom. The molecule has 0 N–H and O–H groups in total. The van der Waals surface area contributed by atoms with Gasteiger partial charge in [-0.15, -0.1) is 59.2 Å². The maximum absolute atomic E-state index is 8.90. The predicted molar refractivity (Wildman–Crippen MR) is 250 cm³/mol. The van der Waals surface area contributed by atoms with Gasteiger partial charge in [-0.25, -0.2) is 0 Å². The van der Waals surface area contributed by atoms with Gasteiger partial charge in [0.2, 0.25) is 0 Å². The summed E-state index contributed by atoms with van der Waals surface area (Å²) in [5.74, 6) is -0.341. The SMILES string of the molecule is [2H]C([2H])(c1ccnc(-c2[c-]cc3oc4cc(-c5ccc(-c6ccccc6)cc5)ccc4c3c2)c1)C1CCCCC1.[2H]C1(c2cc[c-]c(-c3ccc([Si](C)(C)C)cn3)c2)CCCC1.[Ir]. The summed E-state index contributed by atoms with van der Waals surface area (Å²) in [5.41, 5.74) is 11.7. The first-order valence-corrected chi connectivity index (χ1v) is 24.9. The average Bonchev–Trinajstić information content (AvgIpc) is 3.93. The molecule has 0 spiro atoms. The average molecular weight is 982 g/mol. The van der Waals surface area contributed by atoms with Gasteiger partial charge in [-0.3, -0.25) is 0 Å². The summed E-state index contributed by atoms with van der Waals surface area (Å²) in [7, 11) is -1.30. The van der Waals surface area contributed by atoms with Crippen LogP contribution < -0.4 is 5.19 Å². The molecule has 3 nitrogen and oxygen atoms in total. The number of hydrogen-bond acceptors (Lipinski definition) is 3. The van der Waals surface area contributed by atoms with Crippen molar-refractivity contribution in [3.63, 3.8) is 0 Å². The number of furan rings is 1. The molecule has 0 aliphatic heterocycles. The van der Waals surface area contributed by atoms with E-state index in [1.165, 1.54) is 35.6 Å². The van der Waals surface area contributed by atoms with Gasteiger partial charge in [-0.2, -0.15) is 0 Å². The van der Waals surface area contributed by atoms with Crippen molar-refractivity contribution in [3.05, 3.63) is 163 Å². The molecule has 0 atom stereocenters. The maximum Gasteiger partial charge on any atom is 0.121 e. The van der Waals surface area contributed by atoms with E-state index in [9.17, 15) is 0 Å². The Balaban J connectivity index is 0.000000201. The minimum atomic E-state index is -1.36. The zero-order valence-electron chi connectivity index (χ0n) is 37.9. The van der Waals surface area contributed by atoms with E-state index in [4.69, 9.17) is 8.53 Å². The third-order valence-corrected chi connectivity index (χ3v) is 14.1. The molecule has 5 heteroatoms. The third-order valence-electron chi connectivity index (χ3n) is 12.1. The number of aromatic nitrogens is 2. The minimum absolute atomic E-state index is 0. The molecule has 5 aromatic carbocycles. The normalized spacial score (nSPS) is 16.3. The molecule has 0 amide bonds. The molecule has 0 bridgehead atoms. The standard InChI is InChI=1S/C36H30NO.C19H24NSi.Ir/c1-3-7-25(8-4-1)21-26-19-20-37-34(22-26)31-16-18-35-33(23-31)32-17-15-30(24-36(32)38-35)29-13-11-28(12-14-29)27-9-5-2-6-10-27;1-21(2,3)18-11-12-19(20-14-18)17-10-6-9-16(13-17)15-7-4-5-8-15;/h2,5-6,9-15,17-20,22-25H,1,3-4,7-8,21H2;6,9,11-15H,4-5,7-8H2,1-3H3;/q2*-1;/i21D2;15D;. The molecule has 0 unspecified atom stereocenters. The van der Waals surface area contributed by atoms with Gasteiger partial charge < -0.3 is 14.4 Å². The molecule has 3 aromatic heterocycles. The summed E-state index contributed by atoms with van der Waals surface area (Å²) < 4.78 is 32.7. The van der Waals surface area contributed by atoms with Gasteiger partial charge in [0, 0.05) is 42.0 Å². The van der Waals surface area contributed by atoms with Crippen LogP contribution in [0, 0.1) is 18.1 Å². The summed E-state index contributed by atoms with van der Waals surface area (Å²) in [6.07, 6.45) is 12.0. The Bertz CT molecular complexity index is 2810. The van der Waals surface area contributed by atoms with E-state index in [1.807, 2.05) is 36.5 Å². The quantitative estimate of drug-likeness (QED) is 0.112. The minimum Gasteiger partial charge on any atom is -0.500 e. The molecule has 0 saturated heterocycles. The first-order valence-electron chi connectivity index (χ1n) is 22.9. The Hall–Kier alpha value is -4.93. The van der Waals surface area contributed by atoms with E-state index in [0.29, 0.717) is 5.56 Å². The number of benzene rings is 5. The second-order valence-corrected chi connectivity index (χ2v) is 22.4. The molecular weight excluding hydrogens is 925 g/mol. The van der Waals surface area contributed by atoms with Crippen LogP contribution in [0.4, 0.5) is 0 Å². The van der Waals surface area contributed by atoms with Crippen LogP contribution in [0.2, 0.25) is 19.6 Å². The van der Waals surface area contributed by atoms with Crippen molar-refractivity contribution >= 4 is 35.2 Å². The van der Waals surface area contributed by atoms with Crippen molar-refractivity contribution in [2.75, 3.05) is 0 Å². The first-order chi connectivity index (χ1) is 29.9. The molecule has 60 heavy (non-hydrogen) atoms. The van der Waals surface area contributed by atoms with Crippen LogP contribution in [-0.2, 0) is 26.5 Å². The van der Waals surface area contributed by atoms with Gasteiger partial charge in [-0.1, -0.05) is 160 Å². The molecule has 2 fully saturated rings. The van der Waals surface area contributed by atoms with Gasteiger partial charge in [-0.05, 0) is 82.0 Å². The summed E-state index contributed by atoms with van der Waals surface area (Å²) in [4.78, 5) is 9.24. The maximum atomic E-state index is 8.90. The van der Waals surface area contributed by atoms with Crippen molar-refractivity contribution in [2.45, 2.75) is 89.7 Å². The summed E-state index contributed by atoms with van der Waals surface area (Å²) in [5, 5.41) is 3.43. The number of nitrogens with zero attached hydrogens (tertiary/aromatic N) is 2. The van der Waals surface area contributed by atoms with Gasteiger partial charge in [0.25, 0.3) is 0 Å². The van der Waals surface area contributed by atoms with Crippen LogP contribution >= 0.6 is 0 Å². The van der Waals surface area contributed by atoms with E-state index >= 15 is 0 Å². The second kappa shape index (κ2) is 18.8. The van der Waals surface area contributed by atoms with Crippen molar-refractivity contribution < 1.29 is 28.6 Å². The number of hydrogen-bond donors (Lipinski definition) is 0. The number of pyridine rings is 2. The zero-order chi connectivity index (χ0) is 42.9. The molecule has 3 heterocycles. The Kier molecular flexibility index (Phi) is 11.9. The van der Waals surface area contributed by atoms with Gasteiger partial charge in [0.1, 0.15) is 5.58 Å². The van der Waals surface area contributed by atoms with Crippen LogP contribution in [0.3, 0.4) is 0 Å². The number of fused-ring (bicyclic) bond motifs is 3. The summed E-state index contributed by atoms with van der Waals surface area (Å²) in [6, 6.07) is 50.1. The molecule has 10 rings (SSSR count). The largest absolute Gasteiger partial charge is 0.500 e. The van der Waals surface area contributed by atoms with Crippen molar-refractivity contribution in [2.24, 2.45) is 5.92 Å². The fraction of sp³-hybridized carbons (Fsp3) is 0.273. The van der Waals surface area contributed by atoms with Crippen LogP contribution in [0.25, 0.3) is 66.7 Å². The predicted octanol–water partition coefficient (Wildman–Crippen LogP) is 14.7.